The van der Waals surface area contributed by atoms with Crippen LogP contribution in [0, 0.1) is 20.8 Å². The van der Waals surface area contributed by atoms with Crippen LogP contribution in [0.5, 0.6) is 0 Å². The number of urea groups is 1. The van der Waals surface area contributed by atoms with Crippen LogP contribution < -0.4 is 16.4 Å². The fourth-order valence-corrected chi connectivity index (χ4v) is 6.60. The number of hydrogen-bond donors (Lipinski definition) is 3. The Balaban J connectivity index is 1.63. The molecule has 0 radical (unpaired) electrons. The Morgan fingerprint density at radius 1 is 1.11 bits per heavy atom. The van der Waals surface area contributed by atoms with Crippen LogP contribution in [0.15, 0.2) is 33.7 Å². The average molecular weight is 505 g/mol. The normalized spacial score (nSPS) is 23.3. The molecular weight excluding hydrogens is 472 g/mol. The van der Waals surface area contributed by atoms with E-state index < -0.39 is 28.1 Å². The van der Waals surface area contributed by atoms with Crippen LogP contribution in [-0.4, -0.2) is 66.1 Å². The van der Waals surface area contributed by atoms with Gasteiger partial charge in [0.05, 0.1) is 0 Å². The number of carbonyl (C=O) groups is 2. The summed E-state index contributed by atoms with van der Waals surface area (Å²) in [5.41, 5.74) is 7.69. The van der Waals surface area contributed by atoms with E-state index in [1.54, 1.807) is 18.2 Å². The van der Waals surface area contributed by atoms with Gasteiger partial charge in [-0.15, -0.1) is 0 Å². The monoisotopic (exact) mass is 504 g/mol. The Morgan fingerprint density at radius 2 is 1.83 bits per heavy atom. The van der Waals surface area contributed by atoms with Gasteiger partial charge in [0.25, 0.3) is 15.9 Å². The molecule has 1 aromatic heterocycles. The van der Waals surface area contributed by atoms with Gasteiger partial charge in [0.1, 0.15) is 10.6 Å². The van der Waals surface area contributed by atoms with Crippen molar-refractivity contribution in [1.29, 1.82) is 0 Å². The summed E-state index contributed by atoms with van der Waals surface area (Å²) >= 11 is 0. The molecule has 1 aliphatic carbocycles. The first-order chi connectivity index (χ1) is 16.6. The topological polar surface area (TPSA) is 151 Å². The third-order valence-corrected chi connectivity index (χ3v) is 8.65. The zero-order valence-electron chi connectivity index (χ0n) is 20.2. The van der Waals surface area contributed by atoms with Crippen molar-refractivity contribution in [3.63, 3.8) is 0 Å². The van der Waals surface area contributed by atoms with Gasteiger partial charge in [-0.1, -0.05) is 17.3 Å². The van der Waals surface area contributed by atoms with Gasteiger partial charge < -0.3 is 20.9 Å². The Hall–Kier alpha value is -2.96. The lowest BCUT2D eigenvalue weighted by Gasteiger charge is -2.32. The predicted molar refractivity (Wildman–Crippen MR) is 129 cm³/mol. The zero-order valence-corrected chi connectivity index (χ0v) is 21.0. The number of nitrogens with one attached hydrogen (secondary N) is 2. The van der Waals surface area contributed by atoms with Gasteiger partial charge in [0.2, 0.25) is 0 Å². The Kier molecular flexibility index (Phi) is 7.15. The maximum Gasteiger partial charge on any atom is 0.323 e. The molecule has 35 heavy (non-hydrogen) atoms. The van der Waals surface area contributed by atoms with E-state index in [-0.39, 0.29) is 41.5 Å². The Bertz CT molecular complexity index is 1190. The van der Waals surface area contributed by atoms with Crippen LogP contribution in [0.25, 0.3) is 0 Å². The minimum Gasteiger partial charge on any atom is -0.360 e. The molecule has 1 aromatic carbocycles. The first kappa shape index (κ1) is 25.1. The van der Waals surface area contributed by atoms with Crippen LogP contribution in [-0.2, 0) is 14.8 Å². The van der Waals surface area contributed by atoms with Crippen LogP contribution in [0.2, 0.25) is 0 Å². The summed E-state index contributed by atoms with van der Waals surface area (Å²) in [6.07, 6.45) is 1.59. The molecule has 0 spiro atoms. The summed E-state index contributed by atoms with van der Waals surface area (Å²) in [6.45, 7) is 4.94. The van der Waals surface area contributed by atoms with Gasteiger partial charge >= 0.3 is 6.03 Å². The number of aromatic nitrogens is 1. The number of amides is 3. The summed E-state index contributed by atoms with van der Waals surface area (Å²) in [6, 6.07) is 6.65. The molecule has 1 unspecified atom stereocenters. The third kappa shape index (κ3) is 5.19. The van der Waals surface area contributed by atoms with E-state index in [0.29, 0.717) is 18.5 Å². The molecule has 3 amide bonds. The SMILES string of the molecule is Cc1cccc(NC(=O)N2CCN(S(=O)(=O)c3c(C)noc3C)C2C(=O)NC2CCC(N)CC2)c1. The molecule has 4 rings (SSSR count). The average Bonchev–Trinajstić information content (AvgIpc) is 3.39. The highest BCUT2D eigenvalue weighted by atomic mass is 32.2. The largest absolute Gasteiger partial charge is 0.360 e. The first-order valence-corrected chi connectivity index (χ1v) is 13.2. The summed E-state index contributed by atoms with van der Waals surface area (Å²) in [7, 11) is -4.17. The Morgan fingerprint density at radius 3 is 2.46 bits per heavy atom. The number of rotatable bonds is 5. The Labute approximate surface area is 205 Å². The lowest BCUT2D eigenvalue weighted by molar-refractivity contribution is -0.128. The van der Waals surface area contributed by atoms with E-state index in [9.17, 15) is 18.0 Å². The molecule has 0 bridgehead atoms. The second-order valence-electron chi connectivity index (χ2n) is 9.26. The second-order valence-corrected chi connectivity index (χ2v) is 11.1. The van der Waals surface area contributed by atoms with Crippen LogP contribution in [0.1, 0.15) is 42.7 Å². The molecule has 1 aliphatic heterocycles. The number of benzene rings is 1. The molecule has 190 valence electrons. The molecule has 2 aliphatic rings. The van der Waals surface area contributed by atoms with E-state index in [2.05, 4.69) is 15.8 Å². The van der Waals surface area contributed by atoms with Crippen molar-refractivity contribution in [3.8, 4) is 0 Å². The molecule has 12 heteroatoms. The van der Waals surface area contributed by atoms with Crippen LogP contribution in [0.4, 0.5) is 10.5 Å². The minimum atomic E-state index is -4.17. The summed E-state index contributed by atoms with van der Waals surface area (Å²) in [5.74, 6) is -0.414. The summed E-state index contributed by atoms with van der Waals surface area (Å²) in [4.78, 5) is 27.9. The molecule has 2 fully saturated rings. The predicted octanol–water partition coefficient (Wildman–Crippen LogP) is 1.85. The van der Waals surface area contributed by atoms with Gasteiger partial charge in [-0.3, -0.25) is 9.69 Å². The fourth-order valence-electron chi connectivity index (χ4n) is 4.76. The highest BCUT2D eigenvalue weighted by molar-refractivity contribution is 7.89. The quantitative estimate of drug-likeness (QED) is 0.562. The van der Waals surface area contributed by atoms with E-state index in [0.717, 1.165) is 22.7 Å². The number of hydrogen-bond acceptors (Lipinski definition) is 7. The van der Waals surface area contributed by atoms with Crippen molar-refractivity contribution < 1.29 is 22.5 Å². The lowest BCUT2D eigenvalue weighted by atomic mass is 9.92. The van der Waals surface area contributed by atoms with E-state index in [1.165, 1.54) is 18.7 Å². The van der Waals surface area contributed by atoms with Gasteiger partial charge in [-0.05, 0) is 64.2 Å². The van der Waals surface area contributed by atoms with Crippen LogP contribution in [0.3, 0.4) is 0 Å². The number of nitrogens with zero attached hydrogens (tertiary/aromatic N) is 3. The maximum absolute atomic E-state index is 13.6. The number of sulfonamides is 1. The summed E-state index contributed by atoms with van der Waals surface area (Å²) < 4.78 is 33.4. The third-order valence-electron chi connectivity index (χ3n) is 6.55. The second kappa shape index (κ2) is 9.96. The smallest absolute Gasteiger partial charge is 0.323 e. The van der Waals surface area contributed by atoms with Gasteiger partial charge in [-0.2, -0.15) is 4.31 Å². The van der Waals surface area contributed by atoms with Crippen molar-refractivity contribution in [2.45, 2.75) is 69.6 Å². The number of nitrogens with two attached hydrogens (primary N) is 1. The summed E-state index contributed by atoms with van der Waals surface area (Å²) in [5, 5.41) is 9.50. The highest BCUT2D eigenvalue weighted by Crippen LogP contribution is 2.29. The van der Waals surface area contributed by atoms with Crippen molar-refractivity contribution in [1.82, 2.24) is 19.7 Å². The highest BCUT2D eigenvalue weighted by Gasteiger charge is 2.48. The lowest BCUT2D eigenvalue weighted by Crippen LogP contribution is -2.56. The number of aryl methyl sites for hydroxylation is 3. The first-order valence-electron chi connectivity index (χ1n) is 11.7. The zero-order chi connectivity index (χ0) is 25.3. The molecule has 1 saturated carbocycles. The standard InChI is InChI=1S/C23H32N6O5S/c1-14-5-4-6-19(13-14)26-23(31)28-11-12-29(35(32,33)20-15(2)27-34-16(20)3)22(28)21(30)25-18-9-7-17(24)8-10-18/h4-6,13,17-18,22H,7-12,24H2,1-3H3,(H,25,30)(H,26,31). The molecular formula is C23H32N6O5S. The van der Waals surface area contributed by atoms with Gasteiger partial charge in [0.15, 0.2) is 11.9 Å². The molecule has 1 saturated heterocycles. The van der Waals surface area contributed by atoms with Crippen molar-refractivity contribution >= 4 is 27.6 Å². The van der Waals surface area contributed by atoms with Gasteiger partial charge in [-0.25, -0.2) is 13.2 Å². The maximum atomic E-state index is 13.6. The minimum absolute atomic E-state index is 0.0404. The molecule has 2 heterocycles. The number of anilines is 1. The van der Waals surface area contributed by atoms with Crippen molar-refractivity contribution in [3.05, 3.63) is 41.3 Å². The molecule has 2 aromatic rings. The molecule has 4 N–H and O–H groups in total. The van der Waals surface area contributed by atoms with E-state index in [4.69, 9.17) is 10.3 Å². The van der Waals surface area contributed by atoms with Crippen molar-refractivity contribution in [2.24, 2.45) is 5.73 Å². The van der Waals surface area contributed by atoms with E-state index >= 15 is 0 Å². The van der Waals surface area contributed by atoms with E-state index in [1.807, 2.05) is 13.0 Å². The number of carbonyl (C=O) groups excluding carboxylic acids is 2. The fraction of sp³-hybridized carbons (Fsp3) is 0.522. The molecule has 1 atom stereocenters. The van der Waals surface area contributed by atoms with Crippen LogP contribution >= 0.6 is 0 Å². The molecule has 11 nitrogen and oxygen atoms in total. The van der Waals surface area contributed by atoms with Gasteiger partial charge in [0, 0.05) is 30.9 Å². The van der Waals surface area contributed by atoms with Crippen molar-refractivity contribution in [2.75, 3.05) is 18.4 Å².